The number of carbonyl (C=O) groups excluding carboxylic acids is 2. The zero-order chi connectivity index (χ0) is 21.1. The van der Waals surface area contributed by atoms with Gasteiger partial charge in [0.15, 0.2) is 5.76 Å². The molecular weight excluding hydrogens is 384 g/mol. The molecule has 0 spiro atoms. The Morgan fingerprint density at radius 3 is 2.80 bits per heavy atom. The van der Waals surface area contributed by atoms with Gasteiger partial charge in [-0.15, -0.1) is 0 Å². The minimum Gasteiger partial charge on any atom is -0.459 e. The second kappa shape index (κ2) is 9.02. The molecule has 1 aliphatic heterocycles. The number of nitrogens with zero attached hydrogens (tertiary/aromatic N) is 1. The van der Waals surface area contributed by atoms with Crippen LogP contribution in [0.15, 0.2) is 42.3 Å². The van der Waals surface area contributed by atoms with Crippen molar-refractivity contribution in [1.29, 1.82) is 0 Å². The lowest BCUT2D eigenvalue weighted by atomic mass is 9.92. The van der Waals surface area contributed by atoms with Crippen LogP contribution in [-0.2, 0) is 14.3 Å². The predicted molar refractivity (Wildman–Crippen MR) is 112 cm³/mol. The standard InChI is InChI=1S/C23H28N2O5/c1-15(27)25-14-19(18-6-2-3-7-20(18)25)16-12-21(23(28)24-17-8-9-17)30-22(13-16)29-11-5-4-10-26/h2-3,6-7,12,14,16-17,22,26H,4-5,8-11,13H2,1H3,(H,24,28)/t16-,22+/m1/s1. The quantitative estimate of drug-likeness (QED) is 0.651. The molecule has 1 aliphatic carbocycles. The van der Waals surface area contributed by atoms with Gasteiger partial charge in [-0.25, -0.2) is 0 Å². The number of amides is 1. The Morgan fingerprint density at radius 2 is 2.07 bits per heavy atom. The van der Waals surface area contributed by atoms with Gasteiger partial charge in [0.05, 0.1) is 12.1 Å². The van der Waals surface area contributed by atoms with Gasteiger partial charge >= 0.3 is 0 Å². The molecule has 1 aromatic heterocycles. The molecule has 2 atom stereocenters. The van der Waals surface area contributed by atoms with E-state index in [1.54, 1.807) is 4.57 Å². The SMILES string of the molecule is CC(=O)n1cc([C@@H]2C=C(C(=O)NC3CC3)O[C@H](OCCCCO)C2)c2ccccc21. The zero-order valence-electron chi connectivity index (χ0n) is 17.2. The Kier molecular flexibility index (Phi) is 6.20. The molecule has 2 aliphatic rings. The van der Waals surface area contributed by atoms with Crippen LogP contribution >= 0.6 is 0 Å². The molecule has 4 rings (SSSR count). The molecule has 1 amide bonds. The van der Waals surface area contributed by atoms with E-state index in [-0.39, 0.29) is 36.1 Å². The Labute approximate surface area is 175 Å². The molecule has 0 saturated heterocycles. The van der Waals surface area contributed by atoms with Crippen LogP contribution in [0.2, 0.25) is 0 Å². The number of allylic oxidation sites excluding steroid dienone is 1. The number of aliphatic hydroxyl groups excluding tert-OH is 1. The van der Waals surface area contributed by atoms with Crippen molar-refractivity contribution in [2.45, 2.75) is 57.3 Å². The van der Waals surface area contributed by atoms with Crippen molar-refractivity contribution in [3.63, 3.8) is 0 Å². The summed E-state index contributed by atoms with van der Waals surface area (Å²) in [7, 11) is 0. The number of unbranched alkanes of at least 4 members (excludes halogenated alkanes) is 1. The van der Waals surface area contributed by atoms with Crippen LogP contribution in [0.3, 0.4) is 0 Å². The molecule has 30 heavy (non-hydrogen) atoms. The summed E-state index contributed by atoms with van der Waals surface area (Å²) >= 11 is 0. The molecular formula is C23H28N2O5. The fraction of sp³-hybridized carbons (Fsp3) is 0.478. The van der Waals surface area contributed by atoms with Gasteiger partial charge in [-0.05, 0) is 43.4 Å². The number of aliphatic hydroxyl groups is 1. The molecule has 0 radical (unpaired) electrons. The second-order valence-corrected chi connectivity index (χ2v) is 7.96. The van der Waals surface area contributed by atoms with Crippen molar-refractivity contribution < 1.29 is 24.2 Å². The Bertz CT molecular complexity index is 960. The van der Waals surface area contributed by atoms with Crippen molar-refractivity contribution in [3.8, 4) is 0 Å². The number of benzene rings is 1. The number of hydrogen-bond donors (Lipinski definition) is 2. The number of carbonyl (C=O) groups is 2. The fourth-order valence-electron chi connectivity index (χ4n) is 3.81. The highest BCUT2D eigenvalue weighted by Gasteiger charge is 2.32. The first kappa shape index (κ1) is 20.6. The van der Waals surface area contributed by atoms with Crippen LogP contribution in [0.5, 0.6) is 0 Å². The van der Waals surface area contributed by atoms with Crippen LogP contribution in [0.4, 0.5) is 0 Å². The smallest absolute Gasteiger partial charge is 0.286 e. The van der Waals surface area contributed by atoms with E-state index in [1.807, 2.05) is 36.5 Å². The summed E-state index contributed by atoms with van der Waals surface area (Å²) in [5.74, 6) is -0.129. The van der Waals surface area contributed by atoms with Gasteiger partial charge in [-0.3, -0.25) is 14.2 Å². The summed E-state index contributed by atoms with van der Waals surface area (Å²) in [4.78, 5) is 24.8. The van der Waals surface area contributed by atoms with Crippen molar-refractivity contribution in [3.05, 3.63) is 47.9 Å². The number of rotatable bonds is 8. The van der Waals surface area contributed by atoms with Gasteiger partial charge < -0.3 is 19.9 Å². The number of hydrogen-bond acceptors (Lipinski definition) is 5. The lowest BCUT2D eigenvalue weighted by Crippen LogP contribution is -2.34. The monoisotopic (exact) mass is 412 g/mol. The Balaban J connectivity index is 1.63. The summed E-state index contributed by atoms with van der Waals surface area (Å²) in [6.07, 6.45) is 7.07. The first-order valence-corrected chi connectivity index (χ1v) is 10.6. The van der Waals surface area contributed by atoms with Gasteiger partial charge in [0, 0.05) is 43.5 Å². The Hall–Kier alpha value is -2.64. The van der Waals surface area contributed by atoms with Gasteiger partial charge in [0.1, 0.15) is 0 Å². The number of ether oxygens (including phenoxy) is 2. The van der Waals surface area contributed by atoms with E-state index in [4.69, 9.17) is 14.6 Å². The van der Waals surface area contributed by atoms with Gasteiger partial charge in [-0.2, -0.15) is 0 Å². The molecule has 1 saturated carbocycles. The number of fused-ring (bicyclic) bond motifs is 1. The van der Waals surface area contributed by atoms with E-state index in [9.17, 15) is 9.59 Å². The fourth-order valence-corrected chi connectivity index (χ4v) is 3.81. The van der Waals surface area contributed by atoms with Gasteiger partial charge in [-0.1, -0.05) is 18.2 Å². The topological polar surface area (TPSA) is 89.8 Å². The zero-order valence-corrected chi connectivity index (χ0v) is 17.2. The highest BCUT2D eigenvalue weighted by molar-refractivity contribution is 5.95. The third kappa shape index (κ3) is 4.57. The number of para-hydroxylation sites is 1. The molecule has 0 bridgehead atoms. The van der Waals surface area contributed by atoms with Crippen molar-refractivity contribution in [1.82, 2.24) is 9.88 Å². The minimum absolute atomic E-state index is 0.0583. The van der Waals surface area contributed by atoms with Crippen LogP contribution in [0.25, 0.3) is 10.9 Å². The highest BCUT2D eigenvalue weighted by Crippen LogP contribution is 2.36. The van der Waals surface area contributed by atoms with Crippen LogP contribution < -0.4 is 5.32 Å². The molecule has 1 fully saturated rings. The van der Waals surface area contributed by atoms with E-state index in [2.05, 4.69) is 5.32 Å². The Morgan fingerprint density at radius 1 is 1.27 bits per heavy atom. The number of nitrogens with one attached hydrogen (secondary N) is 1. The normalized spacial score (nSPS) is 21.2. The number of aromatic nitrogens is 1. The van der Waals surface area contributed by atoms with E-state index in [0.717, 1.165) is 35.7 Å². The third-order valence-electron chi connectivity index (χ3n) is 5.53. The molecule has 2 heterocycles. The summed E-state index contributed by atoms with van der Waals surface area (Å²) in [5, 5.41) is 12.9. The van der Waals surface area contributed by atoms with Crippen LogP contribution in [0, 0.1) is 0 Å². The first-order chi connectivity index (χ1) is 14.6. The average molecular weight is 412 g/mol. The summed E-state index contributed by atoms with van der Waals surface area (Å²) in [5.41, 5.74) is 1.83. The molecule has 2 N–H and O–H groups in total. The van der Waals surface area contributed by atoms with Crippen molar-refractivity contribution in [2.75, 3.05) is 13.2 Å². The summed E-state index contributed by atoms with van der Waals surface area (Å²) in [6.45, 7) is 2.11. The maximum absolute atomic E-state index is 12.7. The maximum Gasteiger partial charge on any atom is 0.286 e. The molecule has 7 nitrogen and oxygen atoms in total. The highest BCUT2D eigenvalue weighted by atomic mass is 16.7. The van der Waals surface area contributed by atoms with Crippen molar-refractivity contribution >= 4 is 22.7 Å². The van der Waals surface area contributed by atoms with Crippen LogP contribution in [-0.4, -0.2) is 47.0 Å². The molecule has 1 aromatic carbocycles. The summed E-state index contributed by atoms with van der Waals surface area (Å²) < 4.78 is 13.4. The third-order valence-corrected chi connectivity index (χ3v) is 5.53. The second-order valence-electron chi connectivity index (χ2n) is 7.96. The average Bonchev–Trinajstić information content (AvgIpc) is 3.47. The molecule has 160 valence electrons. The molecule has 0 unspecified atom stereocenters. The lowest BCUT2D eigenvalue weighted by Gasteiger charge is -2.29. The maximum atomic E-state index is 12.7. The van der Waals surface area contributed by atoms with E-state index < -0.39 is 6.29 Å². The van der Waals surface area contributed by atoms with Gasteiger partial charge in [0.25, 0.3) is 5.91 Å². The predicted octanol–water partition coefficient (Wildman–Crippen LogP) is 3.08. The molecule has 2 aromatic rings. The summed E-state index contributed by atoms with van der Waals surface area (Å²) in [6, 6.07) is 8.00. The molecule has 7 heteroatoms. The van der Waals surface area contributed by atoms with E-state index >= 15 is 0 Å². The minimum atomic E-state index is -0.557. The lowest BCUT2D eigenvalue weighted by molar-refractivity contribution is -0.146. The van der Waals surface area contributed by atoms with E-state index in [1.165, 1.54) is 6.92 Å². The van der Waals surface area contributed by atoms with Crippen molar-refractivity contribution in [2.24, 2.45) is 0 Å². The van der Waals surface area contributed by atoms with E-state index in [0.29, 0.717) is 19.4 Å². The largest absolute Gasteiger partial charge is 0.459 e. The first-order valence-electron chi connectivity index (χ1n) is 10.6. The van der Waals surface area contributed by atoms with Gasteiger partial charge in [0.2, 0.25) is 12.2 Å². The van der Waals surface area contributed by atoms with Crippen LogP contribution in [0.1, 0.15) is 55.3 Å².